The molecule has 0 aliphatic heterocycles. The van der Waals surface area contributed by atoms with E-state index >= 15 is 0 Å². The number of benzene rings is 1. The Hall–Kier alpha value is -1.61. The van der Waals surface area contributed by atoms with E-state index in [1.807, 2.05) is 42.5 Å². The largest absolute Gasteiger partial charge is 0.297 e. The number of hydrogen-bond donors (Lipinski definition) is 0. The van der Waals surface area contributed by atoms with Crippen molar-refractivity contribution in [2.24, 2.45) is 0 Å². The van der Waals surface area contributed by atoms with E-state index in [2.05, 4.69) is 12.1 Å². The van der Waals surface area contributed by atoms with Crippen LogP contribution in [0.15, 0.2) is 54.6 Å². The highest BCUT2D eigenvalue weighted by Gasteiger charge is 2.20. The minimum absolute atomic E-state index is 0.697. The Morgan fingerprint density at radius 3 is 1.67 bits per heavy atom. The summed E-state index contributed by atoms with van der Waals surface area (Å²) in [5, 5.41) is 1.23. The molecular weight excluding hydrogens is 319 g/mol. The summed E-state index contributed by atoms with van der Waals surface area (Å²) in [4.78, 5) is 23.4. The van der Waals surface area contributed by atoms with Crippen LogP contribution in [0.4, 0.5) is 0 Å². The van der Waals surface area contributed by atoms with E-state index in [1.165, 1.54) is 37.2 Å². The van der Waals surface area contributed by atoms with Gasteiger partial charge < -0.3 is 0 Å². The first-order valence-corrected chi connectivity index (χ1v) is 9.24. The molecule has 0 bridgehead atoms. The molecule has 0 spiro atoms. The predicted molar refractivity (Wildman–Crippen MR) is 91.7 cm³/mol. The number of carbonyl (C=O) groups is 2. The normalized spacial score (nSPS) is 10.7. The fourth-order valence-electron chi connectivity index (χ4n) is 1.99. The third-order valence-corrected chi connectivity index (χ3v) is 8.18. The van der Waals surface area contributed by atoms with E-state index in [4.69, 9.17) is 0 Å². The standard InChI is InChI=1S/C16H11O2PS2/c17-10-13-6-8-15(20-13)19(12-4-2-1-3-5-12)16-9-7-14(11-18)21-16/h1-11H. The van der Waals surface area contributed by atoms with Gasteiger partial charge in [0.15, 0.2) is 12.6 Å². The summed E-state index contributed by atoms with van der Waals surface area (Å²) in [7, 11) is -0.697. The zero-order valence-corrected chi connectivity index (χ0v) is 13.5. The minimum Gasteiger partial charge on any atom is -0.297 e. The highest BCUT2D eigenvalue weighted by molar-refractivity contribution is 7.87. The molecule has 2 nitrogen and oxygen atoms in total. The summed E-state index contributed by atoms with van der Waals surface area (Å²) in [5.74, 6) is 0. The molecule has 3 aromatic rings. The van der Waals surface area contributed by atoms with Crippen LogP contribution in [0.1, 0.15) is 19.3 Å². The van der Waals surface area contributed by atoms with Crippen LogP contribution in [0.3, 0.4) is 0 Å². The molecule has 0 N–H and O–H groups in total. The van der Waals surface area contributed by atoms with Gasteiger partial charge in [0.1, 0.15) is 0 Å². The smallest absolute Gasteiger partial charge is 0.160 e. The van der Waals surface area contributed by atoms with Crippen molar-refractivity contribution in [1.82, 2.24) is 0 Å². The van der Waals surface area contributed by atoms with Crippen LogP contribution in [0.5, 0.6) is 0 Å². The third kappa shape index (κ3) is 3.03. The van der Waals surface area contributed by atoms with E-state index < -0.39 is 7.92 Å². The molecule has 1 aromatic carbocycles. The molecule has 3 rings (SSSR count). The van der Waals surface area contributed by atoms with Gasteiger partial charge in [0.2, 0.25) is 0 Å². The van der Waals surface area contributed by atoms with E-state index in [-0.39, 0.29) is 0 Å². The molecule has 21 heavy (non-hydrogen) atoms. The maximum Gasteiger partial charge on any atom is 0.160 e. The summed E-state index contributed by atoms with van der Waals surface area (Å²) < 4.78 is 2.36. The van der Waals surface area contributed by atoms with Crippen LogP contribution < -0.4 is 14.5 Å². The second kappa shape index (κ2) is 6.44. The first kappa shape index (κ1) is 14.3. The van der Waals surface area contributed by atoms with Gasteiger partial charge in [-0.2, -0.15) is 0 Å². The second-order valence-corrected chi connectivity index (χ2v) is 9.25. The van der Waals surface area contributed by atoms with Crippen LogP contribution in [-0.2, 0) is 0 Å². The van der Waals surface area contributed by atoms with E-state index in [0.29, 0.717) is 0 Å². The van der Waals surface area contributed by atoms with E-state index in [9.17, 15) is 9.59 Å². The van der Waals surface area contributed by atoms with Crippen molar-refractivity contribution in [3.05, 3.63) is 64.4 Å². The van der Waals surface area contributed by atoms with Crippen molar-refractivity contribution in [3.8, 4) is 0 Å². The molecule has 104 valence electrons. The molecule has 0 unspecified atom stereocenters. The van der Waals surface area contributed by atoms with Gasteiger partial charge in [0, 0.05) is 17.2 Å². The van der Waals surface area contributed by atoms with Crippen LogP contribution in [0.25, 0.3) is 0 Å². The van der Waals surface area contributed by atoms with Gasteiger partial charge in [-0.15, -0.1) is 22.7 Å². The van der Waals surface area contributed by atoms with Crippen LogP contribution in [-0.4, -0.2) is 12.6 Å². The molecule has 2 heterocycles. The van der Waals surface area contributed by atoms with Crippen molar-refractivity contribution in [1.29, 1.82) is 0 Å². The van der Waals surface area contributed by atoms with E-state index in [1.54, 1.807) is 0 Å². The second-order valence-electron chi connectivity index (χ2n) is 4.26. The molecule has 0 atom stereocenters. The maximum atomic E-state index is 10.9. The lowest BCUT2D eigenvalue weighted by Crippen LogP contribution is -2.16. The van der Waals surface area contributed by atoms with Crippen molar-refractivity contribution in [2.45, 2.75) is 0 Å². The van der Waals surface area contributed by atoms with Gasteiger partial charge in [0.25, 0.3) is 0 Å². The summed E-state index contributed by atoms with van der Waals surface area (Å²) in [6.45, 7) is 0. The molecule has 0 aliphatic carbocycles. The summed E-state index contributed by atoms with van der Waals surface area (Å²) >= 11 is 3.05. The Morgan fingerprint density at radius 2 is 1.24 bits per heavy atom. The SMILES string of the molecule is O=Cc1ccc(P(c2ccccc2)c2ccc(C=O)s2)s1. The Morgan fingerprint density at radius 1 is 0.714 bits per heavy atom. The molecule has 0 aliphatic rings. The Balaban J connectivity index is 2.10. The van der Waals surface area contributed by atoms with Crippen LogP contribution in [0, 0.1) is 0 Å². The Kier molecular flexibility index (Phi) is 4.39. The Bertz CT molecular complexity index is 715. The minimum atomic E-state index is -0.697. The average molecular weight is 330 g/mol. The van der Waals surface area contributed by atoms with Gasteiger partial charge >= 0.3 is 0 Å². The zero-order valence-electron chi connectivity index (χ0n) is 10.9. The zero-order chi connectivity index (χ0) is 14.7. The highest BCUT2D eigenvalue weighted by Crippen LogP contribution is 2.37. The summed E-state index contributed by atoms with van der Waals surface area (Å²) in [6.07, 6.45) is 1.77. The maximum absolute atomic E-state index is 10.9. The fourth-order valence-corrected chi connectivity index (χ4v) is 7.52. The monoisotopic (exact) mass is 330 g/mol. The number of rotatable bonds is 5. The van der Waals surface area contributed by atoms with Crippen LogP contribution >= 0.6 is 30.6 Å². The lowest BCUT2D eigenvalue weighted by Gasteiger charge is -2.14. The van der Waals surface area contributed by atoms with E-state index in [0.717, 1.165) is 22.3 Å². The molecule has 0 fully saturated rings. The van der Waals surface area contributed by atoms with Gasteiger partial charge in [-0.05, 0) is 29.6 Å². The van der Waals surface area contributed by atoms with Crippen molar-refractivity contribution in [3.63, 3.8) is 0 Å². The fraction of sp³-hybridized carbons (Fsp3) is 0. The number of carbonyl (C=O) groups excluding carboxylic acids is 2. The molecule has 0 saturated heterocycles. The van der Waals surface area contributed by atoms with Crippen molar-refractivity contribution < 1.29 is 9.59 Å². The number of thiophene rings is 2. The summed E-state index contributed by atoms with van der Waals surface area (Å²) in [6, 6.07) is 18.0. The predicted octanol–water partition coefficient (Wildman–Crippen LogP) is 3.19. The first-order chi connectivity index (χ1) is 10.3. The Labute approximate surface area is 131 Å². The molecular formula is C16H11O2PS2. The lowest BCUT2D eigenvalue weighted by molar-refractivity contribution is 0.111. The molecule has 0 radical (unpaired) electrons. The highest BCUT2D eigenvalue weighted by atomic mass is 32.1. The number of aldehydes is 2. The summed E-state index contributed by atoms with van der Waals surface area (Å²) in [5.41, 5.74) is 0. The molecule has 5 heteroatoms. The first-order valence-electron chi connectivity index (χ1n) is 6.27. The quantitative estimate of drug-likeness (QED) is 0.532. The van der Waals surface area contributed by atoms with Gasteiger partial charge in [-0.3, -0.25) is 9.59 Å². The third-order valence-electron chi connectivity index (χ3n) is 2.91. The topological polar surface area (TPSA) is 34.1 Å². The molecule has 0 saturated carbocycles. The van der Waals surface area contributed by atoms with Crippen molar-refractivity contribution >= 4 is 57.7 Å². The van der Waals surface area contributed by atoms with Crippen LogP contribution in [0.2, 0.25) is 0 Å². The van der Waals surface area contributed by atoms with Crippen molar-refractivity contribution in [2.75, 3.05) is 0 Å². The van der Waals surface area contributed by atoms with Gasteiger partial charge in [0.05, 0.1) is 9.75 Å². The van der Waals surface area contributed by atoms with Gasteiger partial charge in [-0.1, -0.05) is 30.3 Å². The average Bonchev–Trinajstić information content (AvgIpc) is 3.18. The number of hydrogen-bond acceptors (Lipinski definition) is 4. The van der Waals surface area contributed by atoms with Gasteiger partial charge in [-0.25, -0.2) is 0 Å². The lowest BCUT2D eigenvalue weighted by atomic mass is 10.4. The molecule has 0 amide bonds. The molecule has 2 aromatic heterocycles.